The van der Waals surface area contributed by atoms with E-state index in [1.165, 1.54) is 0 Å². The van der Waals surface area contributed by atoms with Crippen molar-refractivity contribution >= 4 is 16.8 Å². The van der Waals surface area contributed by atoms with E-state index in [1.54, 1.807) is 6.20 Å². The molecule has 2 aromatic heterocycles. The number of likely N-dealkylation sites (N-methyl/N-ethyl adjacent to an activating group) is 1. The molecule has 0 radical (unpaired) electrons. The van der Waals surface area contributed by atoms with Crippen molar-refractivity contribution < 1.29 is 9.53 Å². The number of fused-ring (bicyclic) bond motifs is 3. The maximum absolute atomic E-state index is 13.3. The first-order valence-corrected chi connectivity index (χ1v) is 10.2. The molecule has 1 amide bonds. The summed E-state index contributed by atoms with van der Waals surface area (Å²) in [5.74, 6) is -0.00459. The molecule has 0 spiro atoms. The highest BCUT2D eigenvalue weighted by Crippen LogP contribution is 2.28. The van der Waals surface area contributed by atoms with Crippen LogP contribution in [0.15, 0.2) is 48.8 Å². The van der Waals surface area contributed by atoms with Crippen LogP contribution in [0.25, 0.3) is 16.6 Å². The molecule has 2 bridgehead atoms. The Bertz CT molecular complexity index is 1050. The number of carbonyl (C=O) groups excluding carboxylic acids is 1. The predicted octanol–water partition coefficient (Wildman–Crippen LogP) is 2.93. The van der Waals surface area contributed by atoms with Crippen molar-refractivity contribution in [3.05, 3.63) is 60.0 Å². The third kappa shape index (κ3) is 3.22. The van der Waals surface area contributed by atoms with Crippen molar-refractivity contribution in [2.24, 2.45) is 0 Å². The van der Waals surface area contributed by atoms with Crippen LogP contribution in [0.3, 0.4) is 0 Å². The molecule has 4 heterocycles. The van der Waals surface area contributed by atoms with Gasteiger partial charge >= 0.3 is 0 Å². The van der Waals surface area contributed by atoms with E-state index < -0.39 is 0 Å². The minimum Gasteiger partial charge on any atom is -0.378 e. The first kappa shape index (κ1) is 18.3. The Balaban J connectivity index is 1.46. The van der Waals surface area contributed by atoms with Crippen LogP contribution in [0.2, 0.25) is 0 Å². The number of piperidine rings is 1. The van der Waals surface area contributed by atoms with E-state index >= 15 is 0 Å². The molecule has 2 aliphatic heterocycles. The largest absolute Gasteiger partial charge is 0.378 e. The number of ether oxygens (including phenoxy) is 1. The monoisotopic (exact) mass is 390 g/mol. The van der Waals surface area contributed by atoms with Crippen LogP contribution in [0.1, 0.15) is 28.9 Å². The minimum atomic E-state index is -0.00459. The lowest BCUT2D eigenvalue weighted by Gasteiger charge is -2.46. The fraction of sp³-hybridized carbons (Fsp3) is 0.391. The van der Waals surface area contributed by atoms with Crippen LogP contribution >= 0.6 is 0 Å². The molecule has 2 saturated heterocycles. The van der Waals surface area contributed by atoms with Gasteiger partial charge in [-0.05, 0) is 45.0 Å². The molecule has 1 N–H and O–H groups in total. The van der Waals surface area contributed by atoms with Crippen molar-refractivity contribution in [3.8, 4) is 5.69 Å². The SMILES string of the molecule is Cc1ncccc1-n1cc(C(=O)NC2C[C@H]3COC[C@@H](C2)N3C)c2ccccc21. The van der Waals surface area contributed by atoms with Gasteiger partial charge in [-0.25, -0.2) is 0 Å². The molecule has 3 aromatic rings. The highest BCUT2D eigenvalue weighted by molar-refractivity contribution is 6.07. The van der Waals surface area contributed by atoms with Gasteiger partial charge in [-0.1, -0.05) is 18.2 Å². The van der Waals surface area contributed by atoms with Crippen molar-refractivity contribution in [1.82, 2.24) is 19.8 Å². The maximum Gasteiger partial charge on any atom is 0.253 e. The van der Waals surface area contributed by atoms with Crippen molar-refractivity contribution in [1.29, 1.82) is 0 Å². The molecule has 5 rings (SSSR count). The molecule has 1 unspecified atom stereocenters. The lowest BCUT2D eigenvalue weighted by atomic mass is 9.90. The van der Waals surface area contributed by atoms with Gasteiger partial charge in [0.1, 0.15) is 0 Å². The number of hydrogen-bond donors (Lipinski definition) is 1. The van der Waals surface area contributed by atoms with Crippen LogP contribution in [-0.2, 0) is 4.74 Å². The van der Waals surface area contributed by atoms with Gasteiger partial charge in [-0.3, -0.25) is 14.7 Å². The molecule has 150 valence electrons. The number of amides is 1. The maximum atomic E-state index is 13.3. The van der Waals surface area contributed by atoms with E-state index in [-0.39, 0.29) is 11.9 Å². The summed E-state index contributed by atoms with van der Waals surface area (Å²) < 4.78 is 7.78. The molecule has 0 aliphatic carbocycles. The predicted molar refractivity (Wildman–Crippen MR) is 112 cm³/mol. The number of benzene rings is 1. The summed E-state index contributed by atoms with van der Waals surface area (Å²) in [6, 6.07) is 13.0. The first-order valence-electron chi connectivity index (χ1n) is 10.2. The molecule has 2 aliphatic rings. The Labute approximate surface area is 170 Å². The fourth-order valence-corrected chi connectivity index (χ4v) is 4.77. The number of aromatic nitrogens is 2. The molecular formula is C23H26N4O2. The summed E-state index contributed by atoms with van der Waals surface area (Å²) in [6.07, 6.45) is 5.60. The molecular weight excluding hydrogens is 364 g/mol. The summed E-state index contributed by atoms with van der Waals surface area (Å²) >= 11 is 0. The Morgan fingerprint density at radius 3 is 2.66 bits per heavy atom. The van der Waals surface area contributed by atoms with Gasteiger partial charge in [0.05, 0.1) is 35.7 Å². The second-order valence-electron chi connectivity index (χ2n) is 8.19. The lowest BCUT2D eigenvalue weighted by Crippen LogP contribution is -2.59. The molecule has 29 heavy (non-hydrogen) atoms. The standard InChI is InChI=1S/C23H26N4O2/c1-15-21(8-5-9-24-15)27-12-20(19-6-3-4-7-22(19)27)23(28)25-16-10-17-13-29-14-18(11-16)26(17)2/h3-9,12,16-18H,10-11,13-14H2,1-2H3,(H,25,28)/t16?,17-,18+. The van der Waals surface area contributed by atoms with Crippen LogP contribution in [-0.4, -0.2) is 58.7 Å². The number of rotatable bonds is 3. The number of aryl methyl sites for hydroxylation is 1. The Kier molecular flexibility index (Phi) is 4.60. The van der Waals surface area contributed by atoms with Crippen LogP contribution in [0.5, 0.6) is 0 Å². The van der Waals surface area contributed by atoms with E-state index in [1.807, 2.05) is 43.5 Å². The summed E-state index contributed by atoms with van der Waals surface area (Å²) in [5.41, 5.74) is 3.66. The van der Waals surface area contributed by atoms with Crippen LogP contribution < -0.4 is 5.32 Å². The molecule has 6 heteroatoms. The van der Waals surface area contributed by atoms with E-state index in [2.05, 4.69) is 32.9 Å². The average Bonchev–Trinajstić information content (AvgIpc) is 3.09. The van der Waals surface area contributed by atoms with Gasteiger partial charge in [0.15, 0.2) is 0 Å². The topological polar surface area (TPSA) is 59.4 Å². The van der Waals surface area contributed by atoms with Crippen LogP contribution in [0, 0.1) is 6.92 Å². The minimum absolute atomic E-state index is 0.00459. The summed E-state index contributed by atoms with van der Waals surface area (Å²) in [7, 11) is 2.17. The van der Waals surface area contributed by atoms with Gasteiger partial charge in [-0.15, -0.1) is 0 Å². The number of para-hydroxylation sites is 1. The highest BCUT2D eigenvalue weighted by Gasteiger charge is 2.37. The number of nitrogens with zero attached hydrogens (tertiary/aromatic N) is 3. The molecule has 6 nitrogen and oxygen atoms in total. The average molecular weight is 390 g/mol. The molecule has 0 saturated carbocycles. The van der Waals surface area contributed by atoms with E-state index in [0.29, 0.717) is 17.6 Å². The summed E-state index contributed by atoms with van der Waals surface area (Å²) in [4.78, 5) is 20.1. The fourth-order valence-electron chi connectivity index (χ4n) is 4.77. The highest BCUT2D eigenvalue weighted by atomic mass is 16.5. The van der Waals surface area contributed by atoms with E-state index in [4.69, 9.17) is 4.74 Å². The zero-order valence-corrected chi connectivity index (χ0v) is 16.8. The number of pyridine rings is 1. The zero-order chi connectivity index (χ0) is 20.0. The number of nitrogens with one attached hydrogen (secondary N) is 1. The molecule has 2 fully saturated rings. The smallest absolute Gasteiger partial charge is 0.253 e. The van der Waals surface area contributed by atoms with Crippen molar-refractivity contribution in [2.45, 2.75) is 37.9 Å². The van der Waals surface area contributed by atoms with Gasteiger partial charge < -0.3 is 14.6 Å². The number of hydrogen-bond acceptors (Lipinski definition) is 4. The first-order chi connectivity index (χ1) is 14.1. The van der Waals surface area contributed by atoms with Crippen molar-refractivity contribution in [3.63, 3.8) is 0 Å². The van der Waals surface area contributed by atoms with Crippen molar-refractivity contribution in [2.75, 3.05) is 20.3 Å². The quantitative estimate of drug-likeness (QED) is 0.747. The van der Waals surface area contributed by atoms with Gasteiger partial charge in [0.2, 0.25) is 0 Å². The summed E-state index contributed by atoms with van der Waals surface area (Å²) in [6.45, 7) is 3.49. The second-order valence-corrected chi connectivity index (χ2v) is 8.19. The zero-order valence-electron chi connectivity index (χ0n) is 16.8. The molecule has 1 aromatic carbocycles. The third-order valence-corrected chi connectivity index (χ3v) is 6.42. The Hall–Kier alpha value is -2.70. The number of morpholine rings is 1. The van der Waals surface area contributed by atoms with Gasteiger partial charge in [-0.2, -0.15) is 0 Å². The van der Waals surface area contributed by atoms with Crippen LogP contribution in [0.4, 0.5) is 0 Å². The Morgan fingerprint density at radius 1 is 1.14 bits per heavy atom. The van der Waals surface area contributed by atoms with Gasteiger partial charge in [0, 0.05) is 35.9 Å². The summed E-state index contributed by atoms with van der Waals surface area (Å²) in [5, 5.41) is 4.27. The normalized spacial score (nSPS) is 24.6. The third-order valence-electron chi connectivity index (χ3n) is 6.42. The lowest BCUT2D eigenvalue weighted by molar-refractivity contribution is -0.0670. The van der Waals surface area contributed by atoms with E-state index in [9.17, 15) is 4.79 Å². The van der Waals surface area contributed by atoms with Gasteiger partial charge in [0.25, 0.3) is 5.91 Å². The molecule has 3 atom stereocenters. The Morgan fingerprint density at radius 2 is 1.90 bits per heavy atom. The van der Waals surface area contributed by atoms with E-state index in [0.717, 1.165) is 48.3 Å². The number of carbonyl (C=O) groups is 1. The second kappa shape index (κ2) is 7.28.